The van der Waals surface area contributed by atoms with Gasteiger partial charge >= 0.3 is 6.18 Å². The second-order valence-electron chi connectivity index (χ2n) is 3.47. The van der Waals surface area contributed by atoms with Crippen molar-refractivity contribution in [2.45, 2.75) is 13.1 Å². The first-order valence-corrected chi connectivity index (χ1v) is 5.19. The highest BCUT2D eigenvalue weighted by molar-refractivity contribution is 5.44. The van der Waals surface area contributed by atoms with Crippen LogP contribution >= 0.6 is 0 Å². The molecular formula is C10H10F3N5. The zero-order chi connectivity index (χ0) is 13.2. The molecular weight excluding hydrogens is 247 g/mol. The van der Waals surface area contributed by atoms with Gasteiger partial charge < -0.3 is 5.32 Å². The van der Waals surface area contributed by atoms with Crippen LogP contribution in [0.3, 0.4) is 0 Å². The topological polar surface area (TPSA) is 55.6 Å². The van der Waals surface area contributed by atoms with Crippen LogP contribution in [0.25, 0.3) is 5.82 Å². The number of nitrogens with one attached hydrogen (secondary N) is 1. The first-order valence-electron chi connectivity index (χ1n) is 5.19. The van der Waals surface area contributed by atoms with E-state index >= 15 is 0 Å². The molecule has 0 fully saturated rings. The Labute approximate surface area is 101 Å². The van der Waals surface area contributed by atoms with E-state index in [0.717, 1.165) is 12.1 Å². The fraction of sp³-hybridized carbons (Fsp3) is 0.300. The molecule has 2 aromatic heterocycles. The molecule has 0 saturated heterocycles. The van der Waals surface area contributed by atoms with E-state index in [1.165, 1.54) is 17.3 Å². The van der Waals surface area contributed by atoms with Crippen molar-refractivity contribution in [2.24, 2.45) is 0 Å². The van der Waals surface area contributed by atoms with E-state index in [1.54, 1.807) is 6.92 Å². The van der Waals surface area contributed by atoms with Crippen LogP contribution in [0.5, 0.6) is 0 Å². The summed E-state index contributed by atoms with van der Waals surface area (Å²) < 4.78 is 39.4. The molecule has 1 N–H and O–H groups in total. The number of halogens is 3. The SMILES string of the molecule is CCNc1cc(C(F)(F)F)cc(-n2cncn2)n1. The Balaban J connectivity index is 2.50. The van der Waals surface area contributed by atoms with E-state index in [4.69, 9.17) is 0 Å². The number of nitrogens with zero attached hydrogens (tertiary/aromatic N) is 4. The molecule has 0 aromatic carbocycles. The van der Waals surface area contributed by atoms with Gasteiger partial charge in [0.1, 0.15) is 18.5 Å². The number of hydrogen-bond acceptors (Lipinski definition) is 4. The van der Waals surface area contributed by atoms with Gasteiger partial charge in [-0.1, -0.05) is 0 Å². The summed E-state index contributed by atoms with van der Waals surface area (Å²) in [7, 11) is 0. The van der Waals surface area contributed by atoms with E-state index in [1.807, 2.05) is 0 Å². The maximum absolute atomic E-state index is 12.7. The Morgan fingerprint density at radius 1 is 1.33 bits per heavy atom. The van der Waals surface area contributed by atoms with Gasteiger partial charge in [0.25, 0.3) is 0 Å². The van der Waals surface area contributed by atoms with E-state index in [9.17, 15) is 13.2 Å². The smallest absolute Gasteiger partial charge is 0.370 e. The molecule has 0 aliphatic rings. The van der Waals surface area contributed by atoms with Gasteiger partial charge in [-0.3, -0.25) is 0 Å². The molecule has 0 saturated carbocycles. The van der Waals surface area contributed by atoms with Crippen molar-refractivity contribution < 1.29 is 13.2 Å². The summed E-state index contributed by atoms with van der Waals surface area (Å²) in [6.45, 7) is 2.25. The summed E-state index contributed by atoms with van der Waals surface area (Å²) in [6.07, 6.45) is -1.91. The van der Waals surface area contributed by atoms with E-state index in [0.29, 0.717) is 6.54 Å². The average Bonchev–Trinajstić information content (AvgIpc) is 2.81. The van der Waals surface area contributed by atoms with Crippen LogP contribution in [0.4, 0.5) is 19.0 Å². The van der Waals surface area contributed by atoms with Gasteiger partial charge in [-0.2, -0.15) is 18.3 Å². The lowest BCUT2D eigenvalue weighted by Gasteiger charge is -2.11. The van der Waals surface area contributed by atoms with Gasteiger partial charge in [-0.05, 0) is 19.1 Å². The van der Waals surface area contributed by atoms with Crippen molar-refractivity contribution in [2.75, 3.05) is 11.9 Å². The standard InChI is InChI=1S/C10H10F3N5/c1-2-15-8-3-7(10(11,12)13)4-9(17-8)18-6-14-5-16-18/h3-6H,2H2,1H3,(H,15,17). The zero-order valence-corrected chi connectivity index (χ0v) is 9.44. The van der Waals surface area contributed by atoms with Crippen molar-refractivity contribution in [3.05, 3.63) is 30.4 Å². The predicted octanol–water partition coefficient (Wildman–Crippen LogP) is 2.11. The van der Waals surface area contributed by atoms with Crippen molar-refractivity contribution in [1.29, 1.82) is 0 Å². The summed E-state index contributed by atoms with van der Waals surface area (Å²) in [5.74, 6) is 0.219. The second-order valence-corrected chi connectivity index (χ2v) is 3.47. The first kappa shape index (κ1) is 12.3. The summed E-state index contributed by atoms with van der Waals surface area (Å²) in [4.78, 5) is 7.70. The van der Waals surface area contributed by atoms with E-state index < -0.39 is 11.7 Å². The van der Waals surface area contributed by atoms with Gasteiger partial charge in [-0.15, -0.1) is 0 Å². The minimum absolute atomic E-state index is 0.0678. The van der Waals surface area contributed by atoms with Gasteiger partial charge in [-0.25, -0.2) is 14.6 Å². The highest BCUT2D eigenvalue weighted by Crippen LogP contribution is 2.31. The van der Waals surface area contributed by atoms with Crippen LogP contribution in [-0.2, 0) is 6.18 Å². The molecule has 0 aliphatic heterocycles. The number of hydrogen-bond donors (Lipinski definition) is 1. The Morgan fingerprint density at radius 2 is 2.11 bits per heavy atom. The summed E-state index contributed by atoms with van der Waals surface area (Å²) >= 11 is 0. The third kappa shape index (κ3) is 2.58. The van der Waals surface area contributed by atoms with Crippen LogP contribution in [0.15, 0.2) is 24.8 Å². The second kappa shape index (κ2) is 4.63. The molecule has 0 bridgehead atoms. The maximum Gasteiger partial charge on any atom is 0.416 e. The van der Waals surface area contributed by atoms with Crippen molar-refractivity contribution >= 4 is 5.82 Å². The lowest BCUT2D eigenvalue weighted by atomic mass is 10.2. The van der Waals surface area contributed by atoms with Gasteiger partial charge in [0.05, 0.1) is 5.56 Å². The van der Waals surface area contributed by atoms with Crippen LogP contribution in [-0.4, -0.2) is 26.3 Å². The van der Waals surface area contributed by atoms with Gasteiger partial charge in [0.15, 0.2) is 5.82 Å². The highest BCUT2D eigenvalue weighted by atomic mass is 19.4. The van der Waals surface area contributed by atoms with Gasteiger partial charge in [0.2, 0.25) is 0 Å². The number of alkyl halides is 3. The monoisotopic (exact) mass is 257 g/mol. The highest BCUT2D eigenvalue weighted by Gasteiger charge is 2.31. The number of pyridine rings is 1. The van der Waals surface area contributed by atoms with Gasteiger partial charge in [0, 0.05) is 6.54 Å². The minimum atomic E-state index is -4.43. The van der Waals surface area contributed by atoms with Crippen molar-refractivity contribution in [1.82, 2.24) is 19.7 Å². The summed E-state index contributed by atoms with van der Waals surface area (Å²) in [5, 5.41) is 6.51. The fourth-order valence-electron chi connectivity index (χ4n) is 1.40. The Hall–Kier alpha value is -2.12. The Bertz CT molecular complexity index is 521. The molecule has 0 atom stereocenters. The molecule has 96 valence electrons. The Kier molecular flexibility index (Phi) is 3.17. The number of anilines is 1. The Morgan fingerprint density at radius 3 is 2.67 bits per heavy atom. The quantitative estimate of drug-likeness (QED) is 0.915. The fourth-order valence-corrected chi connectivity index (χ4v) is 1.40. The van der Waals surface area contributed by atoms with Crippen molar-refractivity contribution in [3.63, 3.8) is 0 Å². The van der Waals surface area contributed by atoms with Crippen LogP contribution in [0, 0.1) is 0 Å². The van der Waals surface area contributed by atoms with Crippen LogP contribution in [0.2, 0.25) is 0 Å². The molecule has 2 heterocycles. The molecule has 8 heteroatoms. The average molecular weight is 257 g/mol. The molecule has 2 rings (SSSR count). The molecule has 0 amide bonds. The largest absolute Gasteiger partial charge is 0.416 e. The van der Waals surface area contributed by atoms with E-state index in [2.05, 4.69) is 20.4 Å². The number of aromatic nitrogens is 4. The predicted molar refractivity (Wildman–Crippen MR) is 58.3 cm³/mol. The maximum atomic E-state index is 12.7. The molecule has 18 heavy (non-hydrogen) atoms. The molecule has 2 aromatic rings. The van der Waals surface area contributed by atoms with Crippen LogP contribution < -0.4 is 5.32 Å². The molecule has 0 aliphatic carbocycles. The third-order valence-electron chi connectivity index (χ3n) is 2.15. The van der Waals surface area contributed by atoms with Crippen LogP contribution in [0.1, 0.15) is 12.5 Å². The molecule has 0 radical (unpaired) electrons. The number of rotatable bonds is 3. The third-order valence-corrected chi connectivity index (χ3v) is 2.15. The molecule has 5 nitrogen and oxygen atoms in total. The summed E-state index contributed by atoms with van der Waals surface area (Å²) in [5.41, 5.74) is -0.779. The first-order chi connectivity index (χ1) is 8.50. The van der Waals surface area contributed by atoms with E-state index in [-0.39, 0.29) is 11.6 Å². The van der Waals surface area contributed by atoms with Crippen molar-refractivity contribution in [3.8, 4) is 5.82 Å². The normalized spacial score (nSPS) is 11.6. The minimum Gasteiger partial charge on any atom is -0.370 e. The summed E-state index contributed by atoms with van der Waals surface area (Å²) in [6, 6.07) is 1.89. The zero-order valence-electron chi connectivity index (χ0n) is 9.44. The lowest BCUT2D eigenvalue weighted by molar-refractivity contribution is -0.137. The molecule has 0 spiro atoms. The lowest BCUT2D eigenvalue weighted by Crippen LogP contribution is -2.11. The molecule has 0 unspecified atom stereocenters.